The molecule has 27 heavy (non-hydrogen) atoms. The number of carbonyl (C=O) groups excluding carboxylic acids is 3. The van der Waals surface area contributed by atoms with Gasteiger partial charge in [-0.3, -0.25) is 14.4 Å². The van der Waals surface area contributed by atoms with Crippen LogP contribution in [0.4, 0.5) is 0 Å². The first-order valence-electron chi connectivity index (χ1n) is 8.50. The minimum absolute atomic E-state index is 0.288. The Morgan fingerprint density at radius 2 is 1.56 bits per heavy atom. The van der Waals surface area contributed by atoms with E-state index in [0.29, 0.717) is 6.42 Å². The van der Waals surface area contributed by atoms with Gasteiger partial charge in [-0.1, -0.05) is 42.5 Å². The van der Waals surface area contributed by atoms with Crippen molar-refractivity contribution in [2.45, 2.75) is 31.8 Å². The van der Waals surface area contributed by atoms with Crippen molar-refractivity contribution in [1.29, 1.82) is 0 Å². The highest BCUT2D eigenvalue weighted by Crippen LogP contribution is 2.10. The Morgan fingerprint density at radius 1 is 0.926 bits per heavy atom. The zero-order valence-electron chi connectivity index (χ0n) is 14.9. The first kappa shape index (κ1) is 20.9. The maximum absolute atomic E-state index is 12.7. The van der Waals surface area contributed by atoms with Gasteiger partial charge < -0.3 is 16.4 Å². The summed E-state index contributed by atoms with van der Waals surface area (Å²) in [7, 11) is 0. The van der Waals surface area contributed by atoms with Gasteiger partial charge in [0.2, 0.25) is 17.7 Å². The van der Waals surface area contributed by atoms with Crippen molar-refractivity contribution in [2.24, 2.45) is 5.73 Å². The summed E-state index contributed by atoms with van der Waals surface area (Å²) in [4.78, 5) is 36.1. The van der Waals surface area contributed by atoms with Gasteiger partial charge in [0, 0.05) is 23.3 Å². The second-order valence-electron chi connectivity index (χ2n) is 6.24. The number of carbonyl (C=O) groups is 3. The number of nitrogens with one attached hydrogen (secondary N) is 2. The van der Waals surface area contributed by atoms with Crippen molar-refractivity contribution < 1.29 is 14.4 Å². The van der Waals surface area contributed by atoms with Gasteiger partial charge in [-0.2, -0.15) is 0 Å². The first-order valence-corrected chi connectivity index (χ1v) is 9.58. The SMILES string of the molecule is CC(=O)N[C@@H](Cc1ccccc1)C(=O)N[C@H](Cc1cccc(I)c1)C(N)=O. The molecule has 2 aromatic carbocycles. The number of hydrogen-bond donors (Lipinski definition) is 3. The Labute approximate surface area is 172 Å². The molecule has 0 aliphatic carbocycles. The highest BCUT2D eigenvalue weighted by molar-refractivity contribution is 14.1. The van der Waals surface area contributed by atoms with Crippen LogP contribution in [-0.4, -0.2) is 29.8 Å². The molecule has 0 unspecified atom stereocenters. The molecule has 4 N–H and O–H groups in total. The molecule has 0 saturated carbocycles. The largest absolute Gasteiger partial charge is 0.368 e. The van der Waals surface area contributed by atoms with Crippen molar-refractivity contribution in [3.63, 3.8) is 0 Å². The number of hydrogen-bond acceptors (Lipinski definition) is 3. The summed E-state index contributed by atoms with van der Waals surface area (Å²) in [6, 6.07) is 15.3. The molecule has 6 nitrogen and oxygen atoms in total. The summed E-state index contributed by atoms with van der Waals surface area (Å²) in [6.07, 6.45) is 0.608. The summed E-state index contributed by atoms with van der Waals surface area (Å²) in [6.45, 7) is 1.35. The zero-order valence-corrected chi connectivity index (χ0v) is 17.1. The fourth-order valence-corrected chi connectivity index (χ4v) is 3.31. The Kier molecular flexibility index (Phi) is 7.78. The molecule has 0 heterocycles. The zero-order chi connectivity index (χ0) is 19.8. The van der Waals surface area contributed by atoms with Gasteiger partial charge in [-0.25, -0.2) is 0 Å². The third-order valence-electron chi connectivity index (χ3n) is 3.97. The molecule has 2 aromatic rings. The van der Waals surface area contributed by atoms with Crippen LogP contribution in [0.15, 0.2) is 54.6 Å². The van der Waals surface area contributed by atoms with Crippen LogP contribution < -0.4 is 16.4 Å². The second-order valence-corrected chi connectivity index (χ2v) is 7.49. The maximum atomic E-state index is 12.7. The molecule has 3 amide bonds. The predicted octanol–water partition coefficient (Wildman–Crippen LogP) is 1.55. The van der Waals surface area contributed by atoms with Gasteiger partial charge in [0.25, 0.3) is 0 Å². The van der Waals surface area contributed by atoms with Crippen LogP contribution in [0.5, 0.6) is 0 Å². The average molecular weight is 479 g/mol. The van der Waals surface area contributed by atoms with E-state index in [2.05, 4.69) is 33.2 Å². The summed E-state index contributed by atoms with van der Waals surface area (Å²) in [5.41, 5.74) is 7.28. The molecule has 142 valence electrons. The van der Waals surface area contributed by atoms with Crippen molar-refractivity contribution in [3.8, 4) is 0 Å². The van der Waals surface area contributed by atoms with Gasteiger partial charge in [-0.15, -0.1) is 0 Å². The maximum Gasteiger partial charge on any atom is 0.243 e. The number of rotatable bonds is 8. The lowest BCUT2D eigenvalue weighted by Gasteiger charge is -2.22. The van der Waals surface area contributed by atoms with Crippen LogP contribution in [0.1, 0.15) is 18.1 Å². The number of amides is 3. The molecule has 0 aliphatic heterocycles. The number of nitrogens with two attached hydrogens (primary N) is 1. The molecular weight excluding hydrogens is 457 g/mol. The number of benzene rings is 2. The van der Waals surface area contributed by atoms with E-state index in [9.17, 15) is 14.4 Å². The lowest BCUT2D eigenvalue weighted by atomic mass is 10.0. The van der Waals surface area contributed by atoms with E-state index in [-0.39, 0.29) is 12.3 Å². The van der Waals surface area contributed by atoms with Crippen LogP contribution in [0.2, 0.25) is 0 Å². The lowest BCUT2D eigenvalue weighted by molar-refractivity contribution is -0.130. The van der Waals surface area contributed by atoms with Crippen LogP contribution in [0.25, 0.3) is 0 Å². The minimum atomic E-state index is -0.859. The van der Waals surface area contributed by atoms with E-state index in [1.54, 1.807) is 0 Å². The van der Waals surface area contributed by atoms with Gasteiger partial charge in [0.1, 0.15) is 12.1 Å². The van der Waals surface area contributed by atoms with Crippen molar-refractivity contribution in [3.05, 3.63) is 69.3 Å². The molecule has 2 atom stereocenters. The van der Waals surface area contributed by atoms with E-state index in [0.717, 1.165) is 14.7 Å². The molecule has 0 radical (unpaired) electrons. The van der Waals surface area contributed by atoms with E-state index < -0.39 is 23.9 Å². The summed E-state index contributed by atoms with van der Waals surface area (Å²) < 4.78 is 1.03. The average Bonchev–Trinajstić information content (AvgIpc) is 2.61. The molecular formula is C20H22IN3O3. The Balaban J connectivity index is 2.11. The van der Waals surface area contributed by atoms with E-state index >= 15 is 0 Å². The van der Waals surface area contributed by atoms with Crippen LogP contribution in [-0.2, 0) is 27.2 Å². The standard InChI is InChI=1S/C20H22IN3O3/c1-13(25)23-18(11-14-6-3-2-4-7-14)20(27)24-17(19(22)26)12-15-8-5-9-16(21)10-15/h2-10,17-18H,11-12H2,1H3,(H2,22,26)(H,23,25)(H,24,27)/t17-,18+/m1/s1. The normalized spacial score (nSPS) is 12.7. The Bertz CT molecular complexity index is 811. The third kappa shape index (κ3) is 7.01. The van der Waals surface area contributed by atoms with Crippen LogP contribution in [0, 0.1) is 3.57 Å². The molecule has 7 heteroatoms. The summed E-state index contributed by atoms with van der Waals surface area (Å²) in [5.74, 6) is -1.38. The highest BCUT2D eigenvalue weighted by atomic mass is 127. The smallest absolute Gasteiger partial charge is 0.243 e. The molecule has 0 saturated heterocycles. The van der Waals surface area contributed by atoms with Crippen molar-refractivity contribution in [1.82, 2.24) is 10.6 Å². The summed E-state index contributed by atoms with van der Waals surface area (Å²) >= 11 is 2.18. The van der Waals surface area contributed by atoms with Crippen molar-refractivity contribution in [2.75, 3.05) is 0 Å². The van der Waals surface area contributed by atoms with Gasteiger partial charge in [0.15, 0.2) is 0 Å². The Morgan fingerprint density at radius 3 is 2.15 bits per heavy atom. The quantitative estimate of drug-likeness (QED) is 0.501. The van der Waals surface area contributed by atoms with Crippen LogP contribution >= 0.6 is 22.6 Å². The topological polar surface area (TPSA) is 101 Å². The van der Waals surface area contributed by atoms with Crippen LogP contribution in [0.3, 0.4) is 0 Å². The van der Waals surface area contributed by atoms with Crippen molar-refractivity contribution >= 4 is 40.3 Å². The highest BCUT2D eigenvalue weighted by Gasteiger charge is 2.25. The molecule has 0 bridgehead atoms. The number of primary amides is 1. The van der Waals surface area contributed by atoms with E-state index in [4.69, 9.17) is 5.73 Å². The minimum Gasteiger partial charge on any atom is -0.368 e. The van der Waals surface area contributed by atoms with Gasteiger partial charge >= 0.3 is 0 Å². The third-order valence-corrected chi connectivity index (χ3v) is 4.64. The fourth-order valence-electron chi connectivity index (χ4n) is 2.70. The van der Waals surface area contributed by atoms with E-state index in [1.165, 1.54) is 6.92 Å². The fraction of sp³-hybridized carbons (Fsp3) is 0.250. The second kappa shape index (κ2) is 10.1. The lowest BCUT2D eigenvalue weighted by Crippen LogP contribution is -2.54. The van der Waals surface area contributed by atoms with E-state index in [1.807, 2.05) is 54.6 Å². The first-order chi connectivity index (χ1) is 12.8. The molecule has 0 aliphatic rings. The van der Waals surface area contributed by atoms with Gasteiger partial charge in [-0.05, 0) is 45.9 Å². The summed E-state index contributed by atoms with van der Waals surface area (Å²) in [5, 5.41) is 5.32. The predicted molar refractivity (Wildman–Crippen MR) is 112 cm³/mol. The molecule has 0 aromatic heterocycles. The Hall–Kier alpha value is -2.42. The number of halogens is 1. The monoisotopic (exact) mass is 479 g/mol. The molecule has 0 spiro atoms. The molecule has 0 fully saturated rings. The van der Waals surface area contributed by atoms with Gasteiger partial charge in [0.05, 0.1) is 0 Å². The molecule has 2 rings (SSSR count).